The molecular weight excluding hydrogens is 344 g/mol. The average Bonchev–Trinajstić information content (AvgIpc) is 2.88. The van der Waals surface area contributed by atoms with E-state index in [4.69, 9.17) is 16.7 Å². The Labute approximate surface area is 137 Å². The van der Waals surface area contributed by atoms with E-state index in [-0.39, 0.29) is 32.4 Å². The molecule has 0 atom stereocenters. The molecule has 0 saturated heterocycles. The molecule has 0 spiro atoms. The fourth-order valence-corrected chi connectivity index (χ4v) is 3.39. The van der Waals surface area contributed by atoms with Crippen molar-refractivity contribution in [2.75, 3.05) is 0 Å². The summed E-state index contributed by atoms with van der Waals surface area (Å²) in [6.07, 6.45) is 0. The van der Waals surface area contributed by atoms with Crippen molar-refractivity contribution in [2.45, 2.75) is 6.61 Å². The van der Waals surface area contributed by atoms with Crippen LogP contribution in [0, 0.1) is 0 Å². The van der Waals surface area contributed by atoms with E-state index < -0.39 is 17.2 Å². The van der Waals surface area contributed by atoms with E-state index in [2.05, 4.69) is 4.98 Å². The van der Waals surface area contributed by atoms with E-state index in [1.54, 1.807) is 18.2 Å². The Kier molecular flexibility index (Phi) is 3.80. The summed E-state index contributed by atoms with van der Waals surface area (Å²) in [4.78, 5) is 38.4. The number of aliphatic hydroxyl groups excluding tert-OH is 1. The largest absolute Gasteiger partial charge is 0.477 e. The molecule has 0 aliphatic heterocycles. The van der Waals surface area contributed by atoms with Crippen molar-refractivity contribution in [3.63, 3.8) is 0 Å². The van der Waals surface area contributed by atoms with Crippen LogP contribution in [0.1, 0.15) is 15.2 Å². The van der Waals surface area contributed by atoms with Crippen molar-refractivity contribution in [3.8, 4) is 5.69 Å². The van der Waals surface area contributed by atoms with Crippen LogP contribution in [0.5, 0.6) is 0 Å². The highest BCUT2D eigenvalue weighted by Crippen LogP contribution is 2.29. The van der Waals surface area contributed by atoms with Crippen LogP contribution >= 0.6 is 22.9 Å². The molecule has 0 aliphatic carbocycles. The van der Waals surface area contributed by atoms with Crippen LogP contribution in [0.3, 0.4) is 0 Å². The maximum Gasteiger partial charge on any atom is 0.345 e. The number of nitrogens with one attached hydrogen (secondary N) is 1. The lowest BCUT2D eigenvalue weighted by atomic mass is 10.1. The minimum atomic E-state index is -1.20. The minimum Gasteiger partial charge on any atom is -0.477 e. The molecule has 0 unspecified atom stereocenters. The lowest BCUT2D eigenvalue weighted by Gasteiger charge is -2.07. The molecule has 118 valence electrons. The number of aliphatic hydroxyl groups is 1. The monoisotopic (exact) mass is 352 g/mol. The van der Waals surface area contributed by atoms with Gasteiger partial charge in [-0.3, -0.25) is 4.79 Å². The van der Waals surface area contributed by atoms with Crippen LogP contribution in [0.4, 0.5) is 0 Å². The quantitative estimate of drug-likeness (QED) is 0.662. The summed E-state index contributed by atoms with van der Waals surface area (Å²) < 4.78 is 0.781. The summed E-state index contributed by atoms with van der Waals surface area (Å²) in [5, 5.41) is 18.5. The molecule has 0 radical (unpaired) electrons. The Morgan fingerprint density at radius 1 is 1.35 bits per heavy atom. The number of aromatic amines is 1. The number of carbonyl (C=O) groups is 1. The molecule has 0 amide bonds. The van der Waals surface area contributed by atoms with Gasteiger partial charge in [0.1, 0.15) is 9.21 Å². The first-order chi connectivity index (χ1) is 10.9. The van der Waals surface area contributed by atoms with Gasteiger partial charge in [-0.1, -0.05) is 23.7 Å². The molecule has 2 aromatic heterocycles. The van der Waals surface area contributed by atoms with Gasteiger partial charge in [0.2, 0.25) is 0 Å². The first kappa shape index (κ1) is 15.5. The number of hydrogen-bond acceptors (Lipinski definition) is 5. The van der Waals surface area contributed by atoms with Gasteiger partial charge in [0.15, 0.2) is 0 Å². The first-order valence-electron chi connectivity index (χ1n) is 6.35. The topological polar surface area (TPSA) is 112 Å². The van der Waals surface area contributed by atoms with E-state index in [1.807, 2.05) is 0 Å². The van der Waals surface area contributed by atoms with Crippen molar-refractivity contribution < 1.29 is 15.0 Å². The summed E-state index contributed by atoms with van der Waals surface area (Å²) in [5.41, 5.74) is -0.788. The van der Waals surface area contributed by atoms with E-state index in [9.17, 15) is 19.5 Å². The van der Waals surface area contributed by atoms with Crippen molar-refractivity contribution in [2.24, 2.45) is 0 Å². The van der Waals surface area contributed by atoms with Gasteiger partial charge in [-0.15, -0.1) is 11.3 Å². The zero-order valence-corrected chi connectivity index (χ0v) is 12.9. The van der Waals surface area contributed by atoms with Crippen LogP contribution < -0.4 is 11.2 Å². The van der Waals surface area contributed by atoms with E-state index in [0.29, 0.717) is 5.56 Å². The highest BCUT2D eigenvalue weighted by Gasteiger charge is 2.19. The van der Waals surface area contributed by atoms with Crippen LogP contribution in [0.15, 0.2) is 33.9 Å². The Hall–Kier alpha value is -2.42. The van der Waals surface area contributed by atoms with Gasteiger partial charge < -0.3 is 15.2 Å². The number of thiophene rings is 1. The van der Waals surface area contributed by atoms with E-state index in [0.717, 1.165) is 15.9 Å². The average molecular weight is 353 g/mol. The summed E-state index contributed by atoms with van der Waals surface area (Å²) in [7, 11) is 0. The number of fused-ring (bicyclic) bond motifs is 1. The number of benzene rings is 1. The van der Waals surface area contributed by atoms with E-state index in [1.165, 1.54) is 6.07 Å². The van der Waals surface area contributed by atoms with Gasteiger partial charge in [0, 0.05) is 0 Å². The summed E-state index contributed by atoms with van der Waals surface area (Å²) in [6, 6.07) is 5.87. The highest BCUT2D eigenvalue weighted by molar-refractivity contribution is 7.18. The first-order valence-corrected chi connectivity index (χ1v) is 7.54. The lowest BCUT2D eigenvalue weighted by molar-refractivity contribution is 0.0702. The number of carboxylic acid groups (broad SMARTS) is 1. The standard InChI is InChI=1S/C14H9ClN2O5S/c15-11-8(4-9(23-11)13(20)21)17-12(19)10-6(5-18)2-1-3-7(10)16-14(17)22/h1-4,18H,5H2,(H,16,22)(H,20,21). The Morgan fingerprint density at radius 3 is 2.70 bits per heavy atom. The summed E-state index contributed by atoms with van der Waals surface area (Å²) >= 11 is 6.74. The second-order valence-corrected chi connectivity index (χ2v) is 6.30. The van der Waals surface area contributed by atoms with Gasteiger partial charge in [-0.05, 0) is 17.7 Å². The van der Waals surface area contributed by atoms with Gasteiger partial charge >= 0.3 is 11.7 Å². The highest BCUT2D eigenvalue weighted by atomic mass is 35.5. The molecule has 0 saturated carbocycles. The SMILES string of the molecule is O=C(O)c1cc(-n2c(=O)[nH]c3cccc(CO)c3c2=O)c(Cl)s1. The Balaban J connectivity index is 2.41. The second-order valence-electron chi connectivity index (χ2n) is 4.64. The summed E-state index contributed by atoms with van der Waals surface area (Å²) in [6.45, 7) is -0.379. The molecular formula is C14H9ClN2O5S. The molecule has 3 rings (SSSR count). The predicted molar refractivity (Wildman–Crippen MR) is 85.9 cm³/mol. The number of H-pyrrole nitrogens is 1. The van der Waals surface area contributed by atoms with Crippen molar-refractivity contribution in [1.29, 1.82) is 0 Å². The number of aromatic carboxylic acids is 1. The molecule has 7 nitrogen and oxygen atoms in total. The normalized spacial score (nSPS) is 11.0. The number of halogens is 1. The lowest BCUT2D eigenvalue weighted by Crippen LogP contribution is -2.34. The van der Waals surface area contributed by atoms with Crippen molar-refractivity contribution >= 4 is 39.8 Å². The zero-order chi connectivity index (χ0) is 16.7. The second kappa shape index (κ2) is 5.65. The summed E-state index contributed by atoms with van der Waals surface area (Å²) in [5.74, 6) is -1.20. The number of rotatable bonds is 3. The number of nitrogens with zero attached hydrogens (tertiary/aromatic N) is 1. The smallest absolute Gasteiger partial charge is 0.345 e. The van der Waals surface area contributed by atoms with Crippen LogP contribution in [-0.4, -0.2) is 25.7 Å². The van der Waals surface area contributed by atoms with Gasteiger partial charge in [-0.2, -0.15) is 0 Å². The fraction of sp³-hybridized carbons (Fsp3) is 0.0714. The molecule has 3 N–H and O–H groups in total. The Bertz CT molecular complexity index is 1050. The molecule has 1 aromatic carbocycles. The van der Waals surface area contributed by atoms with E-state index >= 15 is 0 Å². The molecule has 3 aromatic rings. The maximum atomic E-state index is 12.7. The number of aromatic nitrogens is 2. The molecule has 2 heterocycles. The van der Waals surface area contributed by atoms with Crippen LogP contribution in [-0.2, 0) is 6.61 Å². The zero-order valence-electron chi connectivity index (χ0n) is 11.4. The third-order valence-corrected chi connectivity index (χ3v) is 4.63. The van der Waals surface area contributed by atoms with Crippen LogP contribution in [0.25, 0.3) is 16.6 Å². The molecule has 23 heavy (non-hydrogen) atoms. The predicted octanol–water partition coefficient (Wildman–Crippen LogP) is 1.58. The molecule has 0 fully saturated rings. The minimum absolute atomic E-state index is 0.00467. The third kappa shape index (κ3) is 2.46. The number of carboxylic acids is 1. The van der Waals surface area contributed by atoms with Crippen molar-refractivity contribution in [1.82, 2.24) is 9.55 Å². The molecule has 0 aliphatic rings. The molecule has 9 heteroatoms. The maximum absolute atomic E-state index is 12.7. The van der Waals surface area contributed by atoms with Gasteiger partial charge in [-0.25, -0.2) is 14.2 Å². The van der Waals surface area contributed by atoms with Crippen molar-refractivity contribution in [3.05, 3.63) is 59.9 Å². The number of hydrogen-bond donors (Lipinski definition) is 3. The van der Waals surface area contributed by atoms with Gasteiger partial charge in [0.05, 0.1) is 23.2 Å². The fourth-order valence-electron chi connectivity index (χ4n) is 2.30. The van der Waals surface area contributed by atoms with Crippen LogP contribution in [0.2, 0.25) is 4.34 Å². The Morgan fingerprint density at radius 2 is 2.09 bits per heavy atom. The molecule has 0 bridgehead atoms. The van der Waals surface area contributed by atoms with Gasteiger partial charge in [0.25, 0.3) is 5.56 Å². The third-order valence-electron chi connectivity index (χ3n) is 3.30.